The van der Waals surface area contributed by atoms with E-state index >= 15 is 0 Å². The Morgan fingerprint density at radius 3 is 2.62 bits per heavy atom. The Morgan fingerprint density at radius 1 is 1.14 bits per heavy atom. The highest BCUT2D eigenvalue weighted by atomic mass is 35.5. The molecule has 2 rings (SSSR count). The zero-order valence-electron chi connectivity index (χ0n) is 12.5. The van der Waals surface area contributed by atoms with E-state index in [0.29, 0.717) is 6.61 Å². The molecule has 0 spiro atoms. The van der Waals surface area contributed by atoms with Gasteiger partial charge in [0.25, 0.3) is 0 Å². The molecule has 4 heteroatoms. The zero-order chi connectivity index (χ0) is 15.1. The van der Waals surface area contributed by atoms with Gasteiger partial charge in [0.1, 0.15) is 12.4 Å². The Labute approximate surface area is 131 Å². The van der Waals surface area contributed by atoms with Crippen molar-refractivity contribution >= 4 is 17.3 Å². The van der Waals surface area contributed by atoms with Gasteiger partial charge in [0.05, 0.1) is 0 Å². The summed E-state index contributed by atoms with van der Waals surface area (Å²) >= 11 is 6.07. The normalized spacial score (nSPS) is 10.7. The molecule has 21 heavy (non-hydrogen) atoms. The van der Waals surface area contributed by atoms with Crippen LogP contribution in [0.25, 0.3) is 0 Å². The number of benzene rings is 2. The minimum atomic E-state index is 0.663. The van der Waals surface area contributed by atoms with Crippen molar-refractivity contribution in [2.45, 2.75) is 6.54 Å². The topological polar surface area (TPSA) is 24.5 Å². The van der Waals surface area contributed by atoms with E-state index in [-0.39, 0.29) is 0 Å². The number of para-hydroxylation sites is 1. The molecule has 0 aliphatic rings. The summed E-state index contributed by atoms with van der Waals surface area (Å²) in [7, 11) is 4.00. The van der Waals surface area contributed by atoms with Gasteiger partial charge in [-0.1, -0.05) is 29.8 Å². The highest BCUT2D eigenvalue weighted by Crippen LogP contribution is 2.21. The Balaban J connectivity index is 1.84. The van der Waals surface area contributed by atoms with Crippen molar-refractivity contribution in [2.24, 2.45) is 0 Å². The molecule has 1 N–H and O–H groups in total. The van der Waals surface area contributed by atoms with Crippen molar-refractivity contribution in [2.75, 3.05) is 32.6 Å². The molecule has 2 aromatic carbocycles. The molecule has 0 heterocycles. The highest BCUT2D eigenvalue weighted by molar-refractivity contribution is 6.30. The van der Waals surface area contributed by atoms with Crippen LogP contribution in [0.5, 0.6) is 5.75 Å². The summed E-state index contributed by atoms with van der Waals surface area (Å²) in [5, 5.41) is 3.96. The summed E-state index contributed by atoms with van der Waals surface area (Å²) in [6.45, 7) is 2.34. The van der Waals surface area contributed by atoms with Gasteiger partial charge < -0.3 is 10.1 Å². The number of likely N-dealkylation sites (N-methyl/N-ethyl adjacent to an activating group) is 1. The molecule has 0 unspecified atom stereocenters. The number of anilines is 1. The maximum atomic E-state index is 6.07. The molecule has 0 saturated carbocycles. The summed E-state index contributed by atoms with van der Waals surface area (Å²) < 4.78 is 5.71. The van der Waals surface area contributed by atoms with E-state index in [0.717, 1.165) is 29.5 Å². The Morgan fingerprint density at radius 2 is 1.90 bits per heavy atom. The molecule has 112 valence electrons. The SMILES string of the molecule is CNc1ccc(Cl)cc1CN(C)CCOc1ccccc1. The van der Waals surface area contributed by atoms with E-state index in [1.54, 1.807) is 0 Å². The van der Waals surface area contributed by atoms with Crippen LogP contribution < -0.4 is 10.1 Å². The third-order valence-electron chi connectivity index (χ3n) is 3.26. The monoisotopic (exact) mass is 304 g/mol. The van der Waals surface area contributed by atoms with Crippen LogP contribution in [0.2, 0.25) is 5.02 Å². The predicted octanol–water partition coefficient (Wildman–Crippen LogP) is 3.89. The lowest BCUT2D eigenvalue weighted by atomic mass is 10.1. The van der Waals surface area contributed by atoms with E-state index in [1.807, 2.05) is 55.6 Å². The summed E-state index contributed by atoms with van der Waals surface area (Å²) in [5.41, 5.74) is 2.29. The van der Waals surface area contributed by atoms with Gasteiger partial charge in [0, 0.05) is 30.8 Å². The standard InChI is InChI=1S/C17H21ClN2O/c1-19-17-9-8-15(18)12-14(17)13-20(2)10-11-21-16-6-4-3-5-7-16/h3-9,12,19H,10-11,13H2,1-2H3. The van der Waals surface area contributed by atoms with Crippen molar-refractivity contribution in [1.82, 2.24) is 4.90 Å². The van der Waals surface area contributed by atoms with E-state index in [9.17, 15) is 0 Å². The molecular formula is C17H21ClN2O. The first-order valence-electron chi connectivity index (χ1n) is 7.01. The second-order valence-electron chi connectivity index (χ2n) is 4.95. The Bertz CT molecular complexity index is 560. The number of nitrogens with zero attached hydrogens (tertiary/aromatic N) is 1. The molecule has 0 radical (unpaired) electrons. The van der Waals surface area contributed by atoms with Crippen molar-refractivity contribution in [1.29, 1.82) is 0 Å². The molecule has 0 atom stereocenters. The van der Waals surface area contributed by atoms with E-state index in [4.69, 9.17) is 16.3 Å². The Hall–Kier alpha value is -1.71. The van der Waals surface area contributed by atoms with Crippen molar-refractivity contribution in [3.05, 3.63) is 59.1 Å². The van der Waals surface area contributed by atoms with Crippen LogP contribution in [-0.2, 0) is 6.54 Å². The largest absolute Gasteiger partial charge is 0.492 e. The lowest BCUT2D eigenvalue weighted by Gasteiger charge is -2.19. The number of hydrogen-bond donors (Lipinski definition) is 1. The third-order valence-corrected chi connectivity index (χ3v) is 3.50. The van der Waals surface area contributed by atoms with Gasteiger partial charge in [0.2, 0.25) is 0 Å². The summed E-state index contributed by atoms with van der Waals surface area (Å²) in [6, 6.07) is 15.8. The molecule has 0 aromatic heterocycles. The van der Waals surface area contributed by atoms with E-state index in [2.05, 4.69) is 17.3 Å². The zero-order valence-corrected chi connectivity index (χ0v) is 13.2. The van der Waals surface area contributed by atoms with Crippen molar-refractivity contribution < 1.29 is 4.74 Å². The van der Waals surface area contributed by atoms with Gasteiger partial charge in [-0.25, -0.2) is 0 Å². The molecule has 0 amide bonds. The molecule has 3 nitrogen and oxygen atoms in total. The van der Waals surface area contributed by atoms with E-state index in [1.165, 1.54) is 5.56 Å². The molecule has 0 aliphatic carbocycles. The second-order valence-corrected chi connectivity index (χ2v) is 5.39. The second kappa shape index (κ2) is 7.91. The first-order valence-corrected chi connectivity index (χ1v) is 7.39. The van der Waals surface area contributed by atoms with Crippen LogP contribution in [0.15, 0.2) is 48.5 Å². The predicted molar refractivity (Wildman–Crippen MR) is 89.3 cm³/mol. The lowest BCUT2D eigenvalue weighted by molar-refractivity contribution is 0.233. The summed E-state index contributed by atoms with van der Waals surface area (Å²) in [6.07, 6.45) is 0. The van der Waals surface area contributed by atoms with Crippen LogP contribution >= 0.6 is 11.6 Å². The fraction of sp³-hybridized carbons (Fsp3) is 0.294. The summed E-state index contributed by atoms with van der Waals surface area (Å²) in [5.74, 6) is 0.907. The quantitative estimate of drug-likeness (QED) is 0.840. The molecule has 0 bridgehead atoms. The molecule has 0 saturated heterocycles. The number of nitrogens with one attached hydrogen (secondary N) is 1. The van der Waals surface area contributed by atoms with Crippen LogP contribution in [0.1, 0.15) is 5.56 Å². The van der Waals surface area contributed by atoms with Crippen LogP contribution in [-0.4, -0.2) is 32.1 Å². The van der Waals surface area contributed by atoms with Gasteiger partial charge in [-0.05, 0) is 42.9 Å². The van der Waals surface area contributed by atoms with Crippen molar-refractivity contribution in [3.8, 4) is 5.75 Å². The average Bonchev–Trinajstić information content (AvgIpc) is 2.48. The van der Waals surface area contributed by atoms with Gasteiger partial charge in [-0.3, -0.25) is 4.90 Å². The molecular weight excluding hydrogens is 284 g/mol. The first-order chi connectivity index (χ1) is 10.2. The van der Waals surface area contributed by atoms with Crippen molar-refractivity contribution in [3.63, 3.8) is 0 Å². The van der Waals surface area contributed by atoms with Crippen LogP contribution in [0.3, 0.4) is 0 Å². The number of hydrogen-bond acceptors (Lipinski definition) is 3. The summed E-state index contributed by atoms with van der Waals surface area (Å²) in [4.78, 5) is 2.22. The minimum absolute atomic E-state index is 0.663. The van der Waals surface area contributed by atoms with E-state index < -0.39 is 0 Å². The Kier molecular flexibility index (Phi) is 5.90. The van der Waals surface area contributed by atoms with Crippen LogP contribution in [0.4, 0.5) is 5.69 Å². The fourth-order valence-electron chi connectivity index (χ4n) is 2.14. The van der Waals surface area contributed by atoms with Gasteiger partial charge >= 0.3 is 0 Å². The maximum absolute atomic E-state index is 6.07. The maximum Gasteiger partial charge on any atom is 0.119 e. The number of rotatable bonds is 7. The number of halogens is 1. The minimum Gasteiger partial charge on any atom is -0.492 e. The third kappa shape index (κ3) is 4.96. The number of ether oxygens (including phenoxy) is 1. The van der Waals surface area contributed by atoms with Gasteiger partial charge in [-0.2, -0.15) is 0 Å². The average molecular weight is 305 g/mol. The molecule has 2 aromatic rings. The first kappa shape index (κ1) is 15.7. The van der Waals surface area contributed by atoms with Gasteiger partial charge in [-0.15, -0.1) is 0 Å². The fourth-order valence-corrected chi connectivity index (χ4v) is 2.34. The van der Waals surface area contributed by atoms with Gasteiger partial charge in [0.15, 0.2) is 0 Å². The smallest absolute Gasteiger partial charge is 0.119 e. The van der Waals surface area contributed by atoms with Crippen LogP contribution in [0, 0.1) is 0 Å². The molecule has 0 fully saturated rings. The molecule has 0 aliphatic heterocycles. The highest BCUT2D eigenvalue weighted by Gasteiger charge is 2.06. The lowest BCUT2D eigenvalue weighted by Crippen LogP contribution is -2.24.